The third-order valence-electron chi connectivity index (χ3n) is 2.90. The molecular weight excluding hydrogens is 246 g/mol. The molecule has 1 aliphatic rings. The van der Waals surface area contributed by atoms with Crippen LogP contribution in [0.15, 0.2) is 29.4 Å². The summed E-state index contributed by atoms with van der Waals surface area (Å²) in [5.41, 5.74) is 3.32. The first-order valence-corrected chi connectivity index (χ1v) is 5.90. The number of anilines is 1. The summed E-state index contributed by atoms with van der Waals surface area (Å²) in [6.07, 6.45) is 0.633. The SMILES string of the molecule is COc1ccccc1N(C)C(=O)C1=NNC(=O)CC1. The van der Waals surface area contributed by atoms with Gasteiger partial charge in [-0.3, -0.25) is 9.59 Å². The van der Waals surface area contributed by atoms with Crippen molar-refractivity contribution in [1.82, 2.24) is 5.43 Å². The standard InChI is InChI=1S/C13H15N3O3/c1-16(10-5-3-4-6-11(10)19-2)13(18)9-7-8-12(17)15-14-9/h3-6H,7-8H2,1-2H3,(H,15,17). The van der Waals surface area contributed by atoms with Crippen molar-refractivity contribution in [3.8, 4) is 5.75 Å². The zero-order valence-corrected chi connectivity index (χ0v) is 10.8. The number of carbonyl (C=O) groups is 2. The summed E-state index contributed by atoms with van der Waals surface area (Å²) in [5, 5.41) is 3.80. The van der Waals surface area contributed by atoms with Gasteiger partial charge in [-0.05, 0) is 12.1 Å². The summed E-state index contributed by atoms with van der Waals surface area (Å²) >= 11 is 0. The second-order valence-electron chi connectivity index (χ2n) is 4.13. The van der Waals surface area contributed by atoms with Gasteiger partial charge in [0, 0.05) is 19.9 Å². The lowest BCUT2D eigenvalue weighted by Gasteiger charge is -2.21. The number of benzene rings is 1. The summed E-state index contributed by atoms with van der Waals surface area (Å²) in [5.74, 6) is 0.194. The Morgan fingerprint density at radius 3 is 2.74 bits per heavy atom. The Balaban J connectivity index is 2.21. The van der Waals surface area contributed by atoms with Gasteiger partial charge in [0.2, 0.25) is 5.91 Å². The number of nitrogens with zero attached hydrogens (tertiary/aromatic N) is 2. The monoisotopic (exact) mass is 261 g/mol. The molecule has 0 aromatic heterocycles. The van der Waals surface area contributed by atoms with Crippen LogP contribution in [0.1, 0.15) is 12.8 Å². The molecule has 100 valence electrons. The molecule has 0 aliphatic carbocycles. The zero-order chi connectivity index (χ0) is 13.8. The first-order valence-electron chi connectivity index (χ1n) is 5.90. The van der Waals surface area contributed by atoms with Crippen molar-refractivity contribution in [2.75, 3.05) is 19.1 Å². The number of para-hydroxylation sites is 2. The predicted molar refractivity (Wildman–Crippen MR) is 71.2 cm³/mol. The Labute approximate surface area is 111 Å². The Morgan fingerprint density at radius 2 is 2.11 bits per heavy atom. The number of ether oxygens (including phenoxy) is 1. The number of hydrogen-bond donors (Lipinski definition) is 1. The highest BCUT2D eigenvalue weighted by Crippen LogP contribution is 2.27. The van der Waals surface area contributed by atoms with E-state index in [1.165, 1.54) is 4.90 Å². The molecule has 0 atom stereocenters. The highest BCUT2D eigenvalue weighted by Gasteiger charge is 2.23. The van der Waals surface area contributed by atoms with Gasteiger partial charge in [-0.1, -0.05) is 12.1 Å². The van der Waals surface area contributed by atoms with E-state index in [1.54, 1.807) is 26.3 Å². The van der Waals surface area contributed by atoms with E-state index in [0.29, 0.717) is 23.6 Å². The molecule has 2 amide bonds. The van der Waals surface area contributed by atoms with Crippen LogP contribution in [0.3, 0.4) is 0 Å². The van der Waals surface area contributed by atoms with E-state index >= 15 is 0 Å². The molecule has 0 radical (unpaired) electrons. The number of hydrogen-bond acceptors (Lipinski definition) is 4. The minimum Gasteiger partial charge on any atom is -0.495 e. The average molecular weight is 261 g/mol. The van der Waals surface area contributed by atoms with Gasteiger partial charge in [0.1, 0.15) is 11.5 Å². The van der Waals surface area contributed by atoms with E-state index in [-0.39, 0.29) is 18.2 Å². The second-order valence-corrected chi connectivity index (χ2v) is 4.13. The maximum Gasteiger partial charge on any atom is 0.274 e. The van der Waals surface area contributed by atoms with Crippen molar-refractivity contribution in [1.29, 1.82) is 0 Å². The summed E-state index contributed by atoms with van der Waals surface area (Å²) in [6.45, 7) is 0. The first-order chi connectivity index (χ1) is 9.13. The van der Waals surface area contributed by atoms with E-state index < -0.39 is 0 Å². The molecule has 1 aromatic rings. The highest BCUT2D eigenvalue weighted by atomic mass is 16.5. The van der Waals surface area contributed by atoms with Crippen molar-refractivity contribution >= 4 is 23.2 Å². The lowest BCUT2D eigenvalue weighted by atomic mass is 10.1. The lowest BCUT2D eigenvalue weighted by molar-refractivity contribution is -0.121. The zero-order valence-electron chi connectivity index (χ0n) is 10.8. The highest BCUT2D eigenvalue weighted by molar-refractivity contribution is 6.44. The minimum atomic E-state index is -0.246. The Bertz CT molecular complexity index is 540. The van der Waals surface area contributed by atoms with Gasteiger partial charge < -0.3 is 9.64 Å². The molecule has 19 heavy (non-hydrogen) atoms. The fraction of sp³-hybridized carbons (Fsp3) is 0.308. The lowest BCUT2D eigenvalue weighted by Crippen LogP contribution is -2.38. The van der Waals surface area contributed by atoms with Crippen LogP contribution in [-0.4, -0.2) is 31.7 Å². The van der Waals surface area contributed by atoms with Gasteiger partial charge in [-0.25, -0.2) is 5.43 Å². The maximum atomic E-state index is 12.3. The normalized spacial score (nSPS) is 14.4. The largest absolute Gasteiger partial charge is 0.495 e. The van der Waals surface area contributed by atoms with E-state index in [2.05, 4.69) is 10.5 Å². The Kier molecular flexibility index (Phi) is 3.79. The number of rotatable bonds is 3. The fourth-order valence-electron chi connectivity index (χ4n) is 1.84. The van der Waals surface area contributed by atoms with Crippen LogP contribution in [0, 0.1) is 0 Å². The quantitative estimate of drug-likeness (QED) is 0.879. The van der Waals surface area contributed by atoms with Crippen molar-refractivity contribution in [2.24, 2.45) is 5.10 Å². The van der Waals surface area contributed by atoms with Crippen LogP contribution in [0.2, 0.25) is 0 Å². The number of nitrogens with one attached hydrogen (secondary N) is 1. The second kappa shape index (κ2) is 5.51. The van der Waals surface area contributed by atoms with E-state index in [0.717, 1.165) is 0 Å². The first kappa shape index (κ1) is 13.1. The van der Waals surface area contributed by atoms with Crippen LogP contribution in [-0.2, 0) is 9.59 Å². The van der Waals surface area contributed by atoms with Crippen molar-refractivity contribution < 1.29 is 14.3 Å². The number of methoxy groups -OCH3 is 1. The molecule has 0 bridgehead atoms. The Morgan fingerprint density at radius 1 is 1.37 bits per heavy atom. The maximum absolute atomic E-state index is 12.3. The fourth-order valence-corrected chi connectivity index (χ4v) is 1.84. The van der Waals surface area contributed by atoms with Crippen LogP contribution in [0.4, 0.5) is 5.69 Å². The summed E-state index contributed by atoms with van der Waals surface area (Å²) in [6, 6.07) is 7.23. The van der Waals surface area contributed by atoms with Gasteiger partial charge in [0.25, 0.3) is 5.91 Å². The van der Waals surface area contributed by atoms with Crippen LogP contribution in [0.5, 0.6) is 5.75 Å². The molecule has 6 heteroatoms. The predicted octanol–water partition coefficient (Wildman–Crippen LogP) is 0.924. The molecule has 0 spiro atoms. The van der Waals surface area contributed by atoms with Gasteiger partial charge in [-0.2, -0.15) is 5.10 Å². The van der Waals surface area contributed by atoms with Crippen LogP contribution < -0.4 is 15.1 Å². The minimum absolute atomic E-state index is 0.170. The molecule has 1 aromatic carbocycles. The molecule has 1 aliphatic heterocycles. The van der Waals surface area contributed by atoms with Crippen LogP contribution >= 0.6 is 0 Å². The van der Waals surface area contributed by atoms with E-state index in [1.807, 2.05) is 12.1 Å². The summed E-state index contributed by atoms with van der Waals surface area (Å²) in [7, 11) is 3.20. The molecule has 6 nitrogen and oxygen atoms in total. The van der Waals surface area contributed by atoms with Gasteiger partial charge in [0.05, 0.1) is 12.8 Å². The number of amides is 2. The third kappa shape index (κ3) is 2.73. The molecule has 1 heterocycles. The molecule has 1 N–H and O–H groups in total. The van der Waals surface area contributed by atoms with Gasteiger partial charge in [-0.15, -0.1) is 0 Å². The topological polar surface area (TPSA) is 71.0 Å². The smallest absolute Gasteiger partial charge is 0.274 e. The third-order valence-corrected chi connectivity index (χ3v) is 2.90. The summed E-state index contributed by atoms with van der Waals surface area (Å²) in [4.78, 5) is 24.7. The summed E-state index contributed by atoms with van der Waals surface area (Å²) < 4.78 is 5.22. The molecule has 0 saturated heterocycles. The molecule has 0 unspecified atom stereocenters. The molecule has 0 fully saturated rings. The van der Waals surface area contributed by atoms with E-state index in [9.17, 15) is 9.59 Å². The Hall–Kier alpha value is -2.37. The number of carbonyl (C=O) groups excluding carboxylic acids is 2. The van der Waals surface area contributed by atoms with Crippen LogP contribution in [0.25, 0.3) is 0 Å². The molecule has 0 saturated carbocycles. The van der Waals surface area contributed by atoms with Crippen molar-refractivity contribution in [2.45, 2.75) is 12.8 Å². The molecular formula is C13H15N3O3. The molecule has 2 rings (SSSR count). The van der Waals surface area contributed by atoms with Gasteiger partial charge in [0.15, 0.2) is 0 Å². The average Bonchev–Trinajstić information content (AvgIpc) is 2.46. The van der Waals surface area contributed by atoms with Crippen molar-refractivity contribution in [3.63, 3.8) is 0 Å². The number of hydrazone groups is 1. The van der Waals surface area contributed by atoms with Gasteiger partial charge >= 0.3 is 0 Å². The van der Waals surface area contributed by atoms with Crippen molar-refractivity contribution in [3.05, 3.63) is 24.3 Å². The van der Waals surface area contributed by atoms with E-state index in [4.69, 9.17) is 4.74 Å².